The average Bonchev–Trinajstić information content (AvgIpc) is 2.67. The third-order valence-corrected chi connectivity index (χ3v) is 4.48. The minimum atomic E-state index is -0.736. The fraction of sp³-hybridized carbons (Fsp3) is 0.368. The Morgan fingerprint density at radius 2 is 1.93 bits per heavy atom. The van der Waals surface area contributed by atoms with E-state index in [2.05, 4.69) is 15.3 Å². The number of esters is 1. The lowest BCUT2D eigenvalue weighted by Gasteiger charge is -2.31. The number of carbonyl (C=O) groups is 2. The number of hydrogen-bond acceptors (Lipinski definition) is 7. The van der Waals surface area contributed by atoms with Crippen LogP contribution in [0.15, 0.2) is 30.6 Å². The summed E-state index contributed by atoms with van der Waals surface area (Å²) in [6.45, 7) is 4.85. The molecular weight excluding hydrogens is 348 g/mol. The molecule has 0 saturated carbocycles. The number of ether oxygens (including phenoxy) is 2. The first-order valence-corrected chi connectivity index (χ1v) is 8.60. The van der Waals surface area contributed by atoms with Gasteiger partial charge in [0.05, 0.1) is 32.6 Å². The molecule has 1 atom stereocenters. The van der Waals surface area contributed by atoms with Gasteiger partial charge in [-0.25, -0.2) is 14.8 Å². The van der Waals surface area contributed by atoms with Gasteiger partial charge in [0.1, 0.15) is 12.6 Å². The first kappa shape index (κ1) is 18.6. The molecule has 1 aliphatic rings. The van der Waals surface area contributed by atoms with Crippen LogP contribution in [-0.4, -0.2) is 48.1 Å². The fourth-order valence-corrected chi connectivity index (χ4v) is 2.95. The Morgan fingerprint density at radius 1 is 1.26 bits per heavy atom. The standard InChI is InChI=1S/C19H22N4O4/c1-12-5-4-6-13(2)15(12)11-27-14-7-20-19(21-8-14)23-9-16(18(25)26-3)22-17(24)10-23/h4-8,16H,9-11H2,1-3H3,(H,22,24). The van der Waals surface area contributed by atoms with E-state index in [0.717, 1.165) is 5.56 Å². The molecule has 2 aromatic rings. The summed E-state index contributed by atoms with van der Waals surface area (Å²) >= 11 is 0. The zero-order valence-corrected chi connectivity index (χ0v) is 15.6. The molecule has 1 fully saturated rings. The van der Waals surface area contributed by atoms with Crippen molar-refractivity contribution in [2.75, 3.05) is 25.1 Å². The second-order valence-electron chi connectivity index (χ2n) is 6.40. The van der Waals surface area contributed by atoms with Gasteiger partial charge in [0.25, 0.3) is 0 Å². The lowest BCUT2D eigenvalue weighted by Crippen LogP contribution is -2.58. The van der Waals surface area contributed by atoms with Gasteiger partial charge in [-0.2, -0.15) is 0 Å². The van der Waals surface area contributed by atoms with E-state index in [-0.39, 0.29) is 19.0 Å². The quantitative estimate of drug-likeness (QED) is 0.789. The Bertz CT molecular complexity index is 818. The molecule has 0 radical (unpaired) electrons. The molecule has 1 aliphatic heterocycles. The van der Waals surface area contributed by atoms with Crippen LogP contribution in [-0.2, 0) is 20.9 Å². The highest BCUT2D eigenvalue weighted by Crippen LogP contribution is 2.18. The summed E-state index contributed by atoms with van der Waals surface area (Å²) in [6, 6.07) is 5.37. The minimum absolute atomic E-state index is 0.0795. The summed E-state index contributed by atoms with van der Waals surface area (Å²) in [6.07, 6.45) is 3.13. The maximum absolute atomic E-state index is 11.8. The number of nitrogens with one attached hydrogen (secondary N) is 1. The smallest absolute Gasteiger partial charge is 0.330 e. The molecule has 3 rings (SSSR count). The van der Waals surface area contributed by atoms with E-state index in [1.54, 1.807) is 17.3 Å². The van der Waals surface area contributed by atoms with Crippen molar-refractivity contribution in [2.24, 2.45) is 0 Å². The van der Waals surface area contributed by atoms with Gasteiger partial charge in [-0.15, -0.1) is 0 Å². The Hall–Kier alpha value is -3.16. The molecule has 8 heteroatoms. The largest absolute Gasteiger partial charge is 0.486 e. The lowest BCUT2D eigenvalue weighted by molar-refractivity contribution is -0.145. The number of hydrogen-bond donors (Lipinski definition) is 1. The topological polar surface area (TPSA) is 93.7 Å². The van der Waals surface area contributed by atoms with E-state index in [9.17, 15) is 9.59 Å². The highest BCUT2D eigenvalue weighted by atomic mass is 16.5. The SMILES string of the molecule is COC(=O)C1CN(c2ncc(OCc3c(C)cccc3C)cn2)CC(=O)N1. The van der Waals surface area contributed by atoms with Crippen LogP contribution in [0.25, 0.3) is 0 Å². The minimum Gasteiger partial charge on any atom is -0.486 e. The molecule has 0 aliphatic carbocycles. The lowest BCUT2D eigenvalue weighted by atomic mass is 10.0. The Balaban J connectivity index is 1.66. The number of carbonyl (C=O) groups excluding carboxylic acids is 2. The third-order valence-electron chi connectivity index (χ3n) is 4.48. The number of aromatic nitrogens is 2. The molecule has 1 N–H and O–H groups in total. The van der Waals surface area contributed by atoms with Crippen LogP contribution in [0, 0.1) is 13.8 Å². The van der Waals surface area contributed by atoms with Crippen LogP contribution >= 0.6 is 0 Å². The number of anilines is 1. The van der Waals surface area contributed by atoms with Crippen LogP contribution in [0.5, 0.6) is 5.75 Å². The molecule has 2 heterocycles. The van der Waals surface area contributed by atoms with Crippen molar-refractivity contribution in [3.63, 3.8) is 0 Å². The average molecular weight is 370 g/mol. The van der Waals surface area contributed by atoms with Gasteiger partial charge in [0.15, 0.2) is 5.75 Å². The molecule has 0 bridgehead atoms. The number of aryl methyl sites for hydroxylation is 2. The molecule has 8 nitrogen and oxygen atoms in total. The molecule has 0 spiro atoms. The van der Waals surface area contributed by atoms with Crippen LogP contribution in [0.2, 0.25) is 0 Å². The van der Waals surface area contributed by atoms with Crippen LogP contribution in [0.4, 0.5) is 5.95 Å². The molecular formula is C19H22N4O4. The van der Waals surface area contributed by atoms with E-state index in [1.165, 1.54) is 18.2 Å². The van der Waals surface area contributed by atoms with E-state index >= 15 is 0 Å². The first-order valence-electron chi connectivity index (χ1n) is 8.60. The second kappa shape index (κ2) is 8.03. The van der Waals surface area contributed by atoms with Gasteiger partial charge in [0, 0.05) is 0 Å². The van der Waals surface area contributed by atoms with Crippen molar-refractivity contribution in [1.29, 1.82) is 0 Å². The predicted molar refractivity (Wildman–Crippen MR) is 98.4 cm³/mol. The van der Waals surface area contributed by atoms with Crippen molar-refractivity contribution in [2.45, 2.75) is 26.5 Å². The summed E-state index contributed by atoms with van der Waals surface area (Å²) in [7, 11) is 1.28. The molecule has 1 unspecified atom stereocenters. The van der Waals surface area contributed by atoms with Gasteiger partial charge in [-0.1, -0.05) is 18.2 Å². The third kappa shape index (κ3) is 4.33. The van der Waals surface area contributed by atoms with Gasteiger partial charge in [-0.3, -0.25) is 4.79 Å². The summed E-state index contributed by atoms with van der Waals surface area (Å²) < 4.78 is 10.5. The highest BCUT2D eigenvalue weighted by molar-refractivity contribution is 5.89. The number of benzene rings is 1. The number of piperazine rings is 1. The zero-order valence-electron chi connectivity index (χ0n) is 15.6. The monoisotopic (exact) mass is 370 g/mol. The zero-order chi connectivity index (χ0) is 19.4. The number of rotatable bonds is 5. The molecule has 1 saturated heterocycles. The molecule has 1 aromatic carbocycles. The molecule has 1 aromatic heterocycles. The van der Waals surface area contributed by atoms with Gasteiger partial charge in [-0.05, 0) is 30.5 Å². The number of methoxy groups -OCH3 is 1. The van der Waals surface area contributed by atoms with Crippen LogP contribution < -0.4 is 15.0 Å². The van der Waals surface area contributed by atoms with Crippen LogP contribution in [0.1, 0.15) is 16.7 Å². The van der Waals surface area contributed by atoms with Crippen molar-refractivity contribution >= 4 is 17.8 Å². The molecule has 142 valence electrons. The predicted octanol–water partition coefficient (Wildman–Crippen LogP) is 1.15. The second-order valence-corrected chi connectivity index (χ2v) is 6.40. The van der Waals surface area contributed by atoms with Crippen molar-refractivity contribution in [1.82, 2.24) is 15.3 Å². The summed E-state index contributed by atoms with van der Waals surface area (Å²) in [5, 5.41) is 2.59. The van der Waals surface area contributed by atoms with Crippen molar-refractivity contribution in [3.8, 4) is 5.75 Å². The Morgan fingerprint density at radius 3 is 2.56 bits per heavy atom. The number of nitrogens with zero attached hydrogens (tertiary/aromatic N) is 3. The van der Waals surface area contributed by atoms with Gasteiger partial charge >= 0.3 is 5.97 Å². The summed E-state index contributed by atoms with van der Waals surface area (Å²) in [4.78, 5) is 33.7. The normalized spacial score (nSPS) is 16.6. The maximum Gasteiger partial charge on any atom is 0.330 e. The van der Waals surface area contributed by atoms with Crippen molar-refractivity contribution < 1.29 is 19.1 Å². The van der Waals surface area contributed by atoms with E-state index in [4.69, 9.17) is 9.47 Å². The molecule has 27 heavy (non-hydrogen) atoms. The van der Waals surface area contributed by atoms with Gasteiger partial charge < -0.3 is 19.7 Å². The van der Waals surface area contributed by atoms with Gasteiger partial charge in [0.2, 0.25) is 11.9 Å². The Kier molecular flexibility index (Phi) is 5.54. The number of amides is 1. The van der Waals surface area contributed by atoms with Crippen LogP contribution in [0.3, 0.4) is 0 Å². The Labute approximate surface area is 157 Å². The first-order chi connectivity index (χ1) is 13.0. The van der Waals surface area contributed by atoms with E-state index in [1.807, 2.05) is 32.0 Å². The molecule has 1 amide bonds. The van der Waals surface area contributed by atoms with Crippen molar-refractivity contribution in [3.05, 3.63) is 47.3 Å². The maximum atomic E-state index is 11.8. The fourth-order valence-electron chi connectivity index (χ4n) is 2.95. The van der Waals surface area contributed by atoms with E-state index < -0.39 is 12.0 Å². The van der Waals surface area contributed by atoms with E-state index in [0.29, 0.717) is 18.3 Å². The highest BCUT2D eigenvalue weighted by Gasteiger charge is 2.31. The summed E-state index contributed by atoms with van der Waals surface area (Å²) in [5.41, 5.74) is 3.47. The summed E-state index contributed by atoms with van der Waals surface area (Å²) in [5.74, 6) is 0.114.